The van der Waals surface area contributed by atoms with Gasteiger partial charge in [0.1, 0.15) is 12.6 Å². The average molecular weight is 494 g/mol. The molecule has 1 amide bonds. The second-order valence-corrected chi connectivity index (χ2v) is 9.22. The van der Waals surface area contributed by atoms with Crippen molar-refractivity contribution in [2.45, 2.75) is 43.7 Å². The number of unbranched alkanes of at least 4 members (excludes halogenated alkanes) is 1. The summed E-state index contributed by atoms with van der Waals surface area (Å²) in [5, 5.41) is 13.2. The molecule has 2 aromatic carbocycles. The minimum atomic E-state index is -4.18. The fourth-order valence-corrected chi connectivity index (χ4v) is 4.69. The highest BCUT2D eigenvalue weighted by Gasteiger charge is 2.37. The summed E-state index contributed by atoms with van der Waals surface area (Å²) < 4.78 is 27.0. The highest BCUT2D eigenvalue weighted by Crippen LogP contribution is 2.22. The van der Waals surface area contributed by atoms with E-state index in [1.54, 1.807) is 30.6 Å². The highest BCUT2D eigenvalue weighted by atomic mass is 35.5. The topological polar surface area (TPSA) is 108 Å². The molecule has 0 bridgehead atoms. The van der Waals surface area contributed by atoms with Crippen molar-refractivity contribution in [1.82, 2.24) is 15.3 Å². The van der Waals surface area contributed by atoms with Crippen LogP contribution >= 0.6 is 11.6 Å². The van der Waals surface area contributed by atoms with Crippen LogP contribution in [-0.2, 0) is 26.2 Å². The summed E-state index contributed by atoms with van der Waals surface area (Å²) in [4.78, 5) is 17.8. The Bertz CT molecular complexity index is 1050. The largest absolute Gasteiger partial charge is 0.313 e. The number of carbonyl (C=O) groups excluding carboxylic acids is 1. The number of carbonyl (C=O) groups is 1. The molecular formula is C23H28ClN3O5S. The molecule has 1 atom stereocenters. The van der Waals surface area contributed by atoms with Crippen LogP contribution in [0.5, 0.6) is 0 Å². The Hall–Kier alpha value is -2.45. The maximum atomic E-state index is 13.2. The van der Waals surface area contributed by atoms with Gasteiger partial charge in [-0.15, -0.1) is 5.92 Å². The van der Waals surface area contributed by atoms with Crippen molar-refractivity contribution in [1.29, 1.82) is 0 Å². The first-order valence-electron chi connectivity index (χ1n) is 10.4. The van der Waals surface area contributed by atoms with E-state index in [0.717, 1.165) is 5.56 Å². The fourth-order valence-electron chi connectivity index (χ4n) is 3.05. The molecule has 0 spiro atoms. The van der Waals surface area contributed by atoms with Crippen molar-refractivity contribution in [3.05, 3.63) is 65.2 Å². The van der Waals surface area contributed by atoms with Crippen LogP contribution in [0.15, 0.2) is 59.5 Å². The van der Waals surface area contributed by atoms with E-state index in [-0.39, 0.29) is 17.9 Å². The number of benzene rings is 2. The molecule has 0 fully saturated rings. The van der Waals surface area contributed by atoms with Gasteiger partial charge in [-0.25, -0.2) is 13.9 Å². The van der Waals surface area contributed by atoms with Gasteiger partial charge in [0, 0.05) is 11.6 Å². The molecule has 33 heavy (non-hydrogen) atoms. The van der Waals surface area contributed by atoms with Gasteiger partial charge in [0.15, 0.2) is 0 Å². The zero-order valence-corrected chi connectivity index (χ0v) is 19.9. The molecule has 0 radical (unpaired) electrons. The number of hydroxylamine groups is 2. The standard InChI is InChI=1S/C23H28ClN3O5S/c1-2-3-17-32-27(33(30,31)20-12-5-4-6-13-20)22(23(28)26-29)15-9-10-16-25-18-19-11-7-8-14-21(19)24/h4-8,11-14,22,25,29H,9-10,15-18H2,1H3,(H,26,28). The Morgan fingerprint density at radius 3 is 2.52 bits per heavy atom. The van der Waals surface area contributed by atoms with Crippen LogP contribution < -0.4 is 10.8 Å². The van der Waals surface area contributed by atoms with Crippen molar-refractivity contribution in [2.24, 2.45) is 0 Å². The quantitative estimate of drug-likeness (QED) is 0.171. The molecule has 3 N–H and O–H groups in total. The van der Waals surface area contributed by atoms with E-state index in [4.69, 9.17) is 16.4 Å². The van der Waals surface area contributed by atoms with Crippen molar-refractivity contribution in [3.8, 4) is 11.8 Å². The first kappa shape index (κ1) is 26.8. The first-order valence-corrected chi connectivity index (χ1v) is 12.2. The SMILES string of the molecule is CC#CCON(C(CCCCNCc1ccccc1Cl)C(=O)NO)S(=O)(=O)c1ccccc1. The Labute approximate surface area is 199 Å². The normalized spacial score (nSPS) is 12.1. The van der Waals surface area contributed by atoms with E-state index < -0.39 is 22.0 Å². The van der Waals surface area contributed by atoms with E-state index in [9.17, 15) is 18.4 Å². The lowest BCUT2D eigenvalue weighted by Gasteiger charge is -2.27. The summed E-state index contributed by atoms with van der Waals surface area (Å²) in [5.41, 5.74) is 2.52. The van der Waals surface area contributed by atoms with Gasteiger partial charge in [-0.2, -0.15) is 0 Å². The summed E-state index contributed by atoms with van der Waals surface area (Å²) >= 11 is 6.14. The number of hydrogen-bond donors (Lipinski definition) is 3. The second-order valence-electron chi connectivity index (χ2n) is 7.03. The maximum absolute atomic E-state index is 13.2. The van der Waals surface area contributed by atoms with Gasteiger partial charge in [0.2, 0.25) is 0 Å². The summed E-state index contributed by atoms with van der Waals surface area (Å²) in [7, 11) is -4.18. The molecule has 0 aliphatic rings. The first-order chi connectivity index (χ1) is 15.9. The lowest BCUT2D eigenvalue weighted by molar-refractivity contribution is -0.151. The van der Waals surface area contributed by atoms with Gasteiger partial charge in [-0.1, -0.05) is 58.4 Å². The van der Waals surface area contributed by atoms with E-state index >= 15 is 0 Å². The molecule has 8 nitrogen and oxygen atoms in total. The van der Waals surface area contributed by atoms with Crippen LogP contribution in [0.1, 0.15) is 31.7 Å². The second kappa shape index (κ2) is 14.0. The number of halogens is 1. The Balaban J connectivity index is 2.05. The van der Waals surface area contributed by atoms with Crippen molar-refractivity contribution in [2.75, 3.05) is 13.2 Å². The molecule has 0 aliphatic heterocycles. The third-order valence-electron chi connectivity index (χ3n) is 4.74. The van der Waals surface area contributed by atoms with Gasteiger partial charge in [-0.05, 0) is 56.5 Å². The van der Waals surface area contributed by atoms with E-state index in [1.807, 2.05) is 24.3 Å². The summed E-state index contributed by atoms with van der Waals surface area (Å²) in [6.07, 6.45) is 1.29. The minimum Gasteiger partial charge on any atom is -0.313 e. The molecular weight excluding hydrogens is 466 g/mol. The number of nitrogens with zero attached hydrogens (tertiary/aromatic N) is 1. The van der Waals surface area contributed by atoms with E-state index in [2.05, 4.69) is 17.2 Å². The Morgan fingerprint density at radius 1 is 1.15 bits per heavy atom. The number of nitrogens with one attached hydrogen (secondary N) is 2. The third kappa shape index (κ3) is 8.12. The number of rotatable bonds is 13. The number of sulfonamides is 1. The average Bonchev–Trinajstić information content (AvgIpc) is 2.83. The zero-order valence-electron chi connectivity index (χ0n) is 18.3. The minimum absolute atomic E-state index is 0.0356. The molecule has 2 rings (SSSR count). The molecule has 10 heteroatoms. The Kier molecular flexibility index (Phi) is 11.3. The molecule has 0 saturated heterocycles. The van der Waals surface area contributed by atoms with Crippen LogP contribution in [-0.4, -0.2) is 43.2 Å². The summed E-state index contributed by atoms with van der Waals surface area (Å²) in [6, 6.07) is 13.9. The van der Waals surface area contributed by atoms with Crippen molar-refractivity contribution in [3.63, 3.8) is 0 Å². The molecule has 1 unspecified atom stereocenters. The fraction of sp³-hybridized carbons (Fsp3) is 0.348. The lowest BCUT2D eigenvalue weighted by atomic mass is 10.1. The van der Waals surface area contributed by atoms with Crippen LogP contribution in [0.25, 0.3) is 0 Å². The molecule has 0 saturated carbocycles. The smallest absolute Gasteiger partial charge is 0.265 e. The summed E-state index contributed by atoms with van der Waals surface area (Å²) in [6.45, 7) is 2.59. The van der Waals surface area contributed by atoms with Crippen LogP contribution in [0.2, 0.25) is 5.02 Å². The van der Waals surface area contributed by atoms with Crippen molar-refractivity contribution < 1.29 is 23.3 Å². The van der Waals surface area contributed by atoms with Gasteiger partial charge in [0.05, 0.1) is 4.90 Å². The molecule has 0 aromatic heterocycles. The summed E-state index contributed by atoms with van der Waals surface area (Å²) in [5.74, 6) is 4.35. The van der Waals surface area contributed by atoms with Gasteiger partial charge < -0.3 is 5.32 Å². The van der Waals surface area contributed by atoms with Gasteiger partial charge in [0.25, 0.3) is 15.9 Å². The predicted octanol–water partition coefficient (Wildman–Crippen LogP) is 3.12. The number of hydrogen-bond acceptors (Lipinski definition) is 6. The van der Waals surface area contributed by atoms with Gasteiger partial charge in [-0.3, -0.25) is 14.8 Å². The molecule has 2 aromatic rings. The molecule has 0 aliphatic carbocycles. The molecule has 178 valence electrons. The molecule has 0 heterocycles. The number of amides is 1. The van der Waals surface area contributed by atoms with Crippen LogP contribution in [0.3, 0.4) is 0 Å². The van der Waals surface area contributed by atoms with Crippen molar-refractivity contribution >= 4 is 27.5 Å². The zero-order chi connectivity index (χ0) is 24.1. The van der Waals surface area contributed by atoms with Crippen LogP contribution in [0, 0.1) is 11.8 Å². The lowest BCUT2D eigenvalue weighted by Crippen LogP contribution is -2.49. The predicted molar refractivity (Wildman–Crippen MR) is 126 cm³/mol. The third-order valence-corrected chi connectivity index (χ3v) is 6.81. The van der Waals surface area contributed by atoms with E-state index in [0.29, 0.717) is 35.4 Å². The highest BCUT2D eigenvalue weighted by molar-refractivity contribution is 7.89. The van der Waals surface area contributed by atoms with Gasteiger partial charge >= 0.3 is 0 Å². The maximum Gasteiger partial charge on any atom is 0.265 e. The van der Waals surface area contributed by atoms with E-state index in [1.165, 1.54) is 12.1 Å². The Morgan fingerprint density at radius 2 is 1.85 bits per heavy atom. The van der Waals surface area contributed by atoms with Crippen LogP contribution in [0.4, 0.5) is 0 Å². The monoisotopic (exact) mass is 493 g/mol.